The van der Waals surface area contributed by atoms with Gasteiger partial charge in [-0.2, -0.15) is 0 Å². The normalized spacial score (nSPS) is 34.0. The van der Waals surface area contributed by atoms with E-state index in [-0.39, 0.29) is 0 Å². The van der Waals surface area contributed by atoms with Crippen LogP contribution in [-0.2, 0) is 0 Å². The highest BCUT2D eigenvalue weighted by atomic mass is 14.9. The van der Waals surface area contributed by atoms with Crippen LogP contribution in [0.25, 0.3) is 0 Å². The van der Waals surface area contributed by atoms with Crippen molar-refractivity contribution in [2.45, 2.75) is 136 Å². The van der Waals surface area contributed by atoms with Crippen molar-refractivity contribution >= 4 is 0 Å². The summed E-state index contributed by atoms with van der Waals surface area (Å²) in [5.41, 5.74) is 0.574. The Morgan fingerprint density at radius 1 is 0.615 bits per heavy atom. The molecular formula is C25H49N. The van der Waals surface area contributed by atoms with Gasteiger partial charge in [0.15, 0.2) is 0 Å². The first-order chi connectivity index (χ1) is 12.6. The maximum atomic E-state index is 4.03. The lowest BCUT2D eigenvalue weighted by Crippen LogP contribution is -2.37. The quantitative estimate of drug-likeness (QED) is 0.499. The van der Waals surface area contributed by atoms with Crippen molar-refractivity contribution in [3.63, 3.8) is 0 Å². The van der Waals surface area contributed by atoms with E-state index in [4.69, 9.17) is 0 Å². The van der Waals surface area contributed by atoms with Gasteiger partial charge in [-0.3, -0.25) is 0 Å². The molecule has 1 atom stereocenters. The molecule has 0 radical (unpaired) electrons. The summed E-state index contributed by atoms with van der Waals surface area (Å²) >= 11 is 0. The fraction of sp³-hybridized carbons (Fsp3) is 1.00. The van der Waals surface area contributed by atoms with E-state index in [1.54, 1.807) is 0 Å². The SMILES string of the molecule is CC1CCCCCC(C2CCCCC(C)(C)CCCCN2)CCCCC1. The molecule has 0 aromatic heterocycles. The summed E-state index contributed by atoms with van der Waals surface area (Å²) in [5, 5.41) is 4.03. The second-order valence-corrected chi connectivity index (χ2v) is 10.6. The molecule has 1 saturated carbocycles. The number of hydrogen-bond acceptors (Lipinski definition) is 1. The van der Waals surface area contributed by atoms with Gasteiger partial charge in [-0.1, -0.05) is 91.4 Å². The van der Waals surface area contributed by atoms with Crippen molar-refractivity contribution < 1.29 is 0 Å². The molecule has 2 rings (SSSR count). The van der Waals surface area contributed by atoms with Crippen LogP contribution in [0, 0.1) is 17.3 Å². The van der Waals surface area contributed by atoms with Crippen molar-refractivity contribution in [1.82, 2.24) is 5.32 Å². The molecule has 2 aliphatic rings. The molecule has 0 spiro atoms. The highest BCUT2D eigenvalue weighted by molar-refractivity contribution is 4.79. The molecule has 1 nitrogen and oxygen atoms in total. The smallest absolute Gasteiger partial charge is 0.00953 e. The fourth-order valence-corrected chi connectivity index (χ4v) is 5.46. The summed E-state index contributed by atoms with van der Waals surface area (Å²) in [4.78, 5) is 0. The van der Waals surface area contributed by atoms with Gasteiger partial charge in [-0.05, 0) is 62.3 Å². The zero-order valence-corrected chi connectivity index (χ0v) is 18.5. The number of hydrogen-bond donors (Lipinski definition) is 1. The van der Waals surface area contributed by atoms with Gasteiger partial charge in [-0.25, -0.2) is 0 Å². The molecule has 1 unspecified atom stereocenters. The summed E-state index contributed by atoms with van der Waals surface area (Å²) in [6.07, 6.45) is 24.7. The van der Waals surface area contributed by atoms with Crippen molar-refractivity contribution in [3.05, 3.63) is 0 Å². The molecule has 1 aliphatic heterocycles. The third-order valence-electron chi connectivity index (χ3n) is 7.42. The van der Waals surface area contributed by atoms with Crippen molar-refractivity contribution in [2.75, 3.05) is 6.54 Å². The van der Waals surface area contributed by atoms with Crippen molar-refractivity contribution in [1.29, 1.82) is 0 Å². The van der Waals surface area contributed by atoms with Gasteiger partial charge >= 0.3 is 0 Å². The minimum absolute atomic E-state index is 0.574. The van der Waals surface area contributed by atoms with Crippen LogP contribution in [0.4, 0.5) is 0 Å². The summed E-state index contributed by atoms with van der Waals surface area (Å²) in [7, 11) is 0. The lowest BCUT2D eigenvalue weighted by molar-refractivity contribution is 0.269. The van der Waals surface area contributed by atoms with E-state index < -0.39 is 0 Å². The Bertz CT molecular complexity index is 334. The Hall–Kier alpha value is -0.0400. The summed E-state index contributed by atoms with van der Waals surface area (Å²) in [6.45, 7) is 8.71. The highest BCUT2D eigenvalue weighted by Gasteiger charge is 2.23. The molecule has 2 fully saturated rings. The average Bonchev–Trinajstić information content (AvgIpc) is 2.62. The predicted molar refractivity (Wildman–Crippen MR) is 117 cm³/mol. The summed E-state index contributed by atoms with van der Waals surface area (Å²) in [6, 6.07) is 0.804. The van der Waals surface area contributed by atoms with Gasteiger partial charge < -0.3 is 5.32 Å². The van der Waals surface area contributed by atoms with Gasteiger partial charge in [0.25, 0.3) is 0 Å². The zero-order valence-electron chi connectivity index (χ0n) is 18.5. The molecule has 0 amide bonds. The van der Waals surface area contributed by atoms with Crippen LogP contribution in [0.1, 0.15) is 130 Å². The average molecular weight is 364 g/mol. The van der Waals surface area contributed by atoms with Crippen molar-refractivity contribution in [3.8, 4) is 0 Å². The molecule has 1 aliphatic carbocycles. The second kappa shape index (κ2) is 12.4. The van der Waals surface area contributed by atoms with E-state index in [0.717, 1.165) is 17.9 Å². The lowest BCUT2D eigenvalue weighted by Gasteiger charge is -2.29. The Balaban J connectivity index is 1.86. The zero-order chi connectivity index (χ0) is 18.7. The van der Waals surface area contributed by atoms with Crippen molar-refractivity contribution in [2.24, 2.45) is 17.3 Å². The molecule has 0 aromatic rings. The molecule has 1 saturated heterocycles. The minimum atomic E-state index is 0.574. The molecule has 0 aromatic carbocycles. The number of rotatable bonds is 1. The topological polar surface area (TPSA) is 12.0 Å². The first-order valence-electron chi connectivity index (χ1n) is 12.3. The van der Waals surface area contributed by atoms with Crippen LogP contribution in [0.15, 0.2) is 0 Å². The minimum Gasteiger partial charge on any atom is -0.314 e. The Morgan fingerprint density at radius 2 is 1.15 bits per heavy atom. The molecule has 26 heavy (non-hydrogen) atoms. The fourth-order valence-electron chi connectivity index (χ4n) is 5.46. The van der Waals surface area contributed by atoms with Crippen LogP contribution < -0.4 is 5.32 Å². The Labute approximate surface area is 165 Å². The Morgan fingerprint density at radius 3 is 1.81 bits per heavy atom. The van der Waals surface area contributed by atoms with Gasteiger partial charge in [0, 0.05) is 6.04 Å². The maximum absolute atomic E-state index is 4.03. The van der Waals surface area contributed by atoms with Gasteiger partial charge in [0.1, 0.15) is 0 Å². The van der Waals surface area contributed by atoms with E-state index >= 15 is 0 Å². The van der Waals surface area contributed by atoms with Gasteiger partial charge in [-0.15, -0.1) is 0 Å². The van der Waals surface area contributed by atoms with Crippen LogP contribution in [-0.4, -0.2) is 12.6 Å². The van der Waals surface area contributed by atoms with E-state index in [9.17, 15) is 0 Å². The Kier molecular flexibility index (Phi) is 10.6. The first-order valence-corrected chi connectivity index (χ1v) is 12.3. The largest absolute Gasteiger partial charge is 0.314 e. The molecule has 154 valence electrons. The third kappa shape index (κ3) is 9.25. The molecule has 1 heteroatoms. The van der Waals surface area contributed by atoms with Gasteiger partial charge in [0.05, 0.1) is 0 Å². The molecule has 1 N–H and O–H groups in total. The third-order valence-corrected chi connectivity index (χ3v) is 7.42. The van der Waals surface area contributed by atoms with Crippen LogP contribution in [0.2, 0.25) is 0 Å². The summed E-state index contributed by atoms with van der Waals surface area (Å²) in [5.74, 6) is 1.92. The van der Waals surface area contributed by atoms with E-state index in [1.165, 1.54) is 116 Å². The molecule has 1 heterocycles. The van der Waals surface area contributed by atoms with E-state index in [2.05, 4.69) is 26.1 Å². The molecule has 0 bridgehead atoms. The standard InChI is InChI=1S/C25H49N/c1-22-14-6-4-8-16-23(17-9-5-7-15-22)24-18-10-11-19-25(2,3)20-12-13-21-26-24/h22-24,26H,4-21H2,1-3H3. The second-order valence-electron chi connectivity index (χ2n) is 10.6. The van der Waals surface area contributed by atoms with Gasteiger partial charge in [0.2, 0.25) is 0 Å². The van der Waals surface area contributed by atoms with Crippen LogP contribution in [0.3, 0.4) is 0 Å². The van der Waals surface area contributed by atoms with E-state index in [0.29, 0.717) is 5.41 Å². The summed E-state index contributed by atoms with van der Waals surface area (Å²) < 4.78 is 0. The predicted octanol–water partition coefficient (Wildman–Crippen LogP) is 7.88. The van der Waals surface area contributed by atoms with Crippen LogP contribution >= 0.6 is 0 Å². The maximum Gasteiger partial charge on any atom is 0.00953 e. The van der Waals surface area contributed by atoms with Crippen LogP contribution in [0.5, 0.6) is 0 Å². The lowest BCUT2D eigenvalue weighted by atomic mass is 9.81. The highest BCUT2D eigenvalue weighted by Crippen LogP contribution is 2.32. The van der Waals surface area contributed by atoms with E-state index in [1.807, 2.05) is 0 Å². The monoisotopic (exact) mass is 363 g/mol. The number of nitrogens with one attached hydrogen (secondary N) is 1. The molecular weight excluding hydrogens is 314 g/mol. The first kappa shape index (κ1) is 22.3.